The maximum atomic E-state index is 12.1. The number of hydrogen-bond donors (Lipinski definition) is 0. The molecule has 2 nitrogen and oxygen atoms in total. The third-order valence-corrected chi connectivity index (χ3v) is 3.06. The lowest BCUT2D eigenvalue weighted by atomic mass is 9.78. The van der Waals surface area contributed by atoms with Crippen LogP contribution in [0.15, 0.2) is 0 Å². The zero-order chi connectivity index (χ0) is 10.6. The van der Waals surface area contributed by atoms with Crippen LogP contribution in [-0.4, -0.2) is 18.0 Å². The summed E-state index contributed by atoms with van der Waals surface area (Å²) in [6.07, 6.45) is 5.38. The number of ether oxygens (including phenoxy) is 1. The summed E-state index contributed by atoms with van der Waals surface area (Å²) >= 11 is 0. The number of rotatable bonds is 4. The molecule has 0 spiro atoms. The van der Waals surface area contributed by atoms with E-state index in [9.17, 15) is 4.79 Å². The molecular weight excluding hydrogens is 176 g/mol. The van der Waals surface area contributed by atoms with Crippen LogP contribution in [0.3, 0.4) is 0 Å². The molecule has 0 N–H and O–H groups in total. The van der Waals surface area contributed by atoms with Crippen molar-refractivity contribution in [1.29, 1.82) is 0 Å². The topological polar surface area (TPSA) is 26.3 Å². The monoisotopic (exact) mass is 198 g/mol. The Labute approximate surface area is 87.0 Å². The van der Waals surface area contributed by atoms with Crippen molar-refractivity contribution in [3.63, 3.8) is 0 Å². The molecule has 0 atom stereocenters. The predicted molar refractivity (Wildman–Crippen MR) is 57.3 cm³/mol. The van der Waals surface area contributed by atoms with Gasteiger partial charge in [-0.15, -0.1) is 0 Å². The number of hydrogen-bond acceptors (Lipinski definition) is 2. The maximum absolute atomic E-state index is 12.1. The number of ketones is 1. The average molecular weight is 198 g/mol. The molecule has 1 aliphatic carbocycles. The van der Waals surface area contributed by atoms with Crippen molar-refractivity contribution >= 4 is 5.78 Å². The van der Waals surface area contributed by atoms with Crippen molar-refractivity contribution in [2.24, 2.45) is 5.92 Å². The van der Waals surface area contributed by atoms with Crippen molar-refractivity contribution in [3.05, 3.63) is 0 Å². The van der Waals surface area contributed by atoms with Gasteiger partial charge in [0.1, 0.15) is 5.60 Å². The Morgan fingerprint density at radius 3 is 2.29 bits per heavy atom. The Hall–Kier alpha value is -0.370. The molecular formula is C12H22O2. The van der Waals surface area contributed by atoms with Gasteiger partial charge >= 0.3 is 0 Å². The van der Waals surface area contributed by atoms with Gasteiger partial charge in [-0.2, -0.15) is 0 Å². The molecule has 1 saturated carbocycles. The summed E-state index contributed by atoms with van der Waals surface area (Å²) in [4.78, 5) is 12.1. The lowest BCUT2D eigenvalue weighted by molar-refractivity contribution is -0.152. The molecule has 2 heteroatoms. The Morgan fingerprint density at radius 2 is 1.86 bits per heavy atom. The van der Waals surface area contributed by atoms with E-state index in [-0.39, 0.29) is 5.92 Å². The highest BCUT2D eigenvalue weighted by molar-refractivity contribution is 5.89. The lowest BCUT2D eigenvalue weighted by Gasteiger charge is -2.36. The van der Waals surface area contributed by atoms with E-state index in [1.54, 1.807) is 0 Å². The molecule has 0 aromatic carbocycles. The lowest BCUT2D eigenvalue weighted by Crippen LogP contribution is -2.45. The first-order valence-electron chi connectivity index (χ1n) is 5.80. The van der Waals surface area contributed by atoms with Crippen molar-refractivity contribution in [2.75, 3.05) is 6.61 Å². The summed E-state index contributed by atoms with van der Waals surface area (Å²) in [7, 11) is 0. The molecule has 0 heterocycles. The fraction of sp³-hybridized carbons (Fsp3) is 0.917. The predicted octanol–water partition coefficient (Wildman–Crippen LogP) is 2.95. The minimum absolute atomic E-state index is 0.0969. The first-order chi connectivity index (χ1) is 6.62. The molecule has 0 unspecified atom stereocenters. The summed E-state index contributed by atoms with van der Waals surface area (Å²) in [6.45, 7) is 6.57. The normalized spacial score (nSPS) is 21.1. The van der Waals surface area contributed by atoms with Gasteiger partial charge in [0, 0.05) is 12.5 Å². The van der Waals surface area contributed by atoms with E-state index < -0.39 is 5.60 Å². The Balaban J connectivity index is 2.74. The second kappa shape index (κ2) is 4.92. The van der Waals surface area contributed by atoms with Gasteiger partial charge < -0.3 is 4.74 Å². The highest BCUT2D eigenvalue weighted by atomic mass is 16.5. The first-order valence-corrected chi connectivity index (χ1v) is 5.80. The van der Waals surface area contributed by atoms with Crippen molar-refractivity contribution in [3.8, 4) is 0 Å². The van der Waals surface area contributed by atoms with Crippen LogP contribution < -0.4 is 0 Å². The van der Waals surface area contributed by atoms with E-state index in [0.29, 0.717) is 12.4 Å². The molecule has 0 bridgehead atoms. The smallest absolute Gasteiger partial charge is 0.167 e. The van der Waals surface area contributed by atoms with Crippen LogP contribution in [0.5, 0.6) is 0 Å². The first kappa shape index (κ1) is 11.7. The third-order valence-electron chi connectivity index (χ3n) is 3.06. The molecule has 1 rings (SSSR count). The second-order valence-electron chi connectivity index (χ2n) is 4.51. The SMILES string of the molecule is CCOC1(C(=O)C(C)C)CCCCC1. The van der Waals surface area contributed by atoms with Crippen LogP contribution in [0.4, 0.5) is 0 Å². The Kier molecular flexibility index (Phi) is 4.11. The molecule has 14 heavy (non-hydrogen) atoms. The van der Waals surface area contributed by atoms with Gasteiger partial charge in [-0.1, -0.05) is 33.1 Å². The molecule has 0 saturated heterocycles. The third kappa shape index (κ3) is 2.35. The fourth-order valence-electron chi connectivity index (χ4n) is 2.39. The van der Waals surface area contributed by atoms with E-state index in [1.165, 1.54) is 6.42 Å². The van der Waals surface area contributed by atoms with Crippen molar-refractivity contribution in [1.82, 2.24) is 0 Å². The van der Waals surface area contributed by atoms with Gasteiger partial charge in [-0.25, -0.2) is 0 Å². The molecule has 0 amide bonds. The number of carbonyl (C=O) groups is 1. The minimum atomic E-state index is -0.429. The summed E-state index contributed by atoms with van der Waals surface area (Å²) in [6, 6.07) is 0. The quantitative estimate of drug-likeness (QED) is 0.694. The number of carbonyl (C=O) groups excluding carboxylic acids is 1. The zero-order valence-corrected chi connectivity index (χ0v) is 9.64. The van der Waals surface area contributed by atoms with Gasteiger partial charge in [-0.3, -0.25) is 4.79 Å². The van der Waals surface area contributed by atoms with Gasteiger partial charge in [0.25, 0.3) is 0 Å². The van der Waals surface area contributed by atoms with Gasteiger partial charge in [0.15, 0.2) is 5.78 Å². The molecule has 82 valence electrons. The van der Waals surface area contributed by atoms with Crippen LogP contribution in [0.25, 0.3) is 0 Å². The Bertz CT molecular complexity index is 185. The summed E-state index contributed by atoms with van der Waals surface area (Å²) in [5, 5.41) is 0. The molecule has 0 radical (unpaired) electrons. The average Bonchev–Trinajstić information content (AvgIpc) is 2.18. The summed E-state index contributed by atoms with van der Waals surface area (Å²) in [5.74, 6) is 0.402. The van der Waals surface area contributed by atoms with E-state index in [4.69, 9.17) is 4.74 Å². The Morgan fingerprint density at radius 1 is 1.29 bits per heavy atom. The van der Waals surface area contributed by atoms with Crippen LogP contribution in [0, 0.1) is 5.92 Å². The van der Waals surface area contributed by atoms with Crippen LogP contribution >= 0.6 is 0 Å². The van der Waals surface area contributed by atoms with Gasteiger partial charge in [0.05, 0.1) is 0 Å². The summed E-state index contributed by atoms with van der Waals surface area (Å²) in [5.41, 5.74) is -0.429. The van der Waals surface area contributed by atoms with Crippen LogP contribution in [0.2, 0.25) is 0 Å². The second-order valence-corrected chi connectivity index (χ2v) is 4.51. The number of Topliss-reactive ketones (excluding diaryl/α,β-unsaturated/α-hetero) is 1. The van der Waals surface area contributed by atoms with E-state index in [2.05, 4.69) is 0 Å². The van der Waals surface area contributed by atoms with Crippen molar-refractivity contribution < 1.29 is 9.53 Å². The van der Waals surface area contributed by atoms with Crippen LogP contribution in [0.1, 0.15) is 52.9 Å². The largest absolute Gasteiger partial charge is 0.367 e. The zero-order valence-electron chi connectivity index (χ0n) is 9.64. The van der Waals surface area contributed by atoms with E-state index in [0.717, 1.165) is 25.7 Å². The molecule has 1 fully saturated rings. The van der Waals surface area contributed by atoms with Crippen molar-refractivity contribution in [2.45, 2.75) is 58.5 Å². The van der Waals surface area contributed by atoms with E-state index in [1.807, 2.05) is 20.8 Å². The van der Waals surface area contributed by atoms with Gasteiger partial charge in [-0.05, 0) is 19.8 Å². The van der Waals surface area contributed by atoms with Gasteiger partial charge in [0.2, 0.25) is 0 Å². The fourth-order valence-corrected chi connectivity index (χ4v) is 2.39. The summed E-state index contributed by atoms with van der Waals surface area (Å²) < 4.78 is 5.74. The van der Waals surface area contributed by atoms with Crippen LogP contribution in [-0.2, 0) is 9.53 Å². The minimum Gasteiger partial charge on any atom is -0.367 e. The molecule has 0 aliphatic heterocycles. The van der Waals surface area contributed by atoms with E-state index >= 15 is 0 Å². The molecule has 0 aromatic heterocycles. The molecule has 1 aliphatic rings. The standard InChI is InChI=1S/C12H22O2/c1-4-14-12(11(13)10(2)3)8-6-5-7-9-12/h10H,4-9H2,1-3H3. The highest BCUT2D eigenvalue weighted by Gasteiger charge is 2.40. The maximum Gasteiger partial charge on any atom is 0.167 e. The molecule has 0 aromatic rings. The highest BCUT2D eigenvalue weighted by Crippen LogP contribution is 2.34.